The fourth-order valence-corrected chi connectivity index (χ4v) is 3.98. The molecule has 0 radical (unpaired) electrons. The van der Waals surface area contributed by atoms with Crippen molar-refractivity contribution in [1.29, 1.82) is 0 Å². The highest BCUT2D eigenvalue weighted by Gasteiger charge is 2.19. The lowest BCUT2D eigenvalue weighted by molar-refractivity contribution is 0.490. The van der Waals surface area contributed by atoms with Crippen LogP contribution in [0.25, 0.3) is 0 Å². The van der Waals surface area contributed by atoms with Gasteiger partial charge in [-0.05, 0) is 55.6 Å². The summed E-state index contributed by atoms with van der Waals surface area (Å²) in [4.78, 5) is 0.737. The zero-order chi connectivity index (χ0) is 12.8. The van der Waals surface area contributed by atoms with Gasteiger partial charge in [-0.25, -0.2) is 0 Å². The Morgan fingerprint density at radius 1 is 1.28 bits per heavy atom. The molecule has 1 aliphatic rings. The normalized spacial score (nSPS) is 20.4. The van der Waals surface area contributed by atoms with E-state index in [0.717, 1.165) is 10.7 Å². The van der Waals surface area contributed by atoms with E-state index in [1.165, 1.54) is 51.4 Å². The van der Waals surface area contributed by atoms with Gasteiger partial charge in [0, 0.05) is 4.83 Å². The highest BCUT2D eigenvalue weighted by atomic mass is 79.9. The van der Waals surface area contributed by atoms with Crippen molar-refractivity contribution >= 4 is 15.9 Å². The van der Waals surface area contributed by atoms with Crippen LogP contribution in [-0.4, -0.2) is 4.83 Å². The summed E-state index contributed by atoms with van der Waals surface area (Å²) in [6.45, 7) is 2.27. The SMILES string of the molecule is CCCC(Br)CCCC1CCCc2ccccc21. The van der Waals surface area contributed by atoms with E-state index in [1.54, 1.807) is 11.1 Å². The highest BCUT2D eigenvalue weighted by Crippen LogP contribution is 2.35. The molecule has 0 amide bonds. The van der Waals surface area contributed by atoms with Crippen LogP contribution in [-0.2, 0) is 6.42 Å². The Balaban J connectivity index is 1.84. The first-order valence-corrected chi connectivity index (χ1v) is 8.44. The lowest BCUT2D eigenvalue weighted by Crippen LogP contribution is -2.10. The van der Waals surface area contributed by atoms with Crippen LogP contribution in [0.4, 0.5) is 0 Å². The van der Waals surface area contributed by atoms with Gasteiger partial charge in [0.2, 0.25) is 0 Å². The number of benzene rings is 1. The number of alkyl halides is 1. The zero-order valence-corrected chi connectivity index (χ0v) is 13.1. The van der Waals surface area contributed by atoms with Crippen molar-refractivity contribution in [3.8, 4) is 0 Å². The quantitative estimate of drug-likeness (QED) is 0.579. The summed E-state index contributed by atoms with van der Waals surface area (Å²) in [5.74, 6) is 0.830. The van der Waals surface area contributed by atoms with Gasteiger partial charge in [-0.2, -0.15) is 0 Å². The van der Waals surface area contributed by atoms with Crippen LogP contribution in [0.15, 0.2) is 24.3 Å². The molecule has 1 aromatic rings. The summed E-state index contributed by atoms with van der Waals surface area (Å²) in [5.41, 5.74) is 3.25. The van der Waals surface area contributed by atoms with Gasteiger partial charge in [-0.1, -0.05) is 60.0 Å². The van der Waals surface area contributed by atoms with Gasteiger partial charge in [-0.15, -0.1) is 0 Å². The molecule has 1 aliphatic carbocycles. The standard InChI is InChI=1S/C17H25Br/c1-2-7-16(18)12-6-11-15-10-5-9-14-8-3-4-13-17(14)15/h3-4,8,13,15-16H,2,5-7,9-12H2,1H3. The third-order valence-electron chi connectivity index (χ3n) is 4.17. The van der Waals surface area contributed by atoms with Gasteiger partial charge in [0.05, 0.1) is 0 Å². The average molecular weight is 309 g/mol. The maximum atomic E-state index is 3.79. The summed E-state index contributed by atoms with van der Waals surface area (Å²) in [7, 11) is 0. The topological polar surface area (TPSA) is 0 Å². The summed E-state index contributed by atoms with van der Waals surface area (Å²) in [6.07, 6.45) is 10.8. The molecular weight excluding hydrogens is 284 g/mol. The van der Waals surface area contributed by atoms with Crippen molar-refractivity contribution in [1.82, 2.24) is 0 Å². The predicted molar refractivity (Wildman–Crippen MR) is 83.6 cm³/mol. The molecule has 0 fully saturated rings. The molecular formula is C17H25Br. The van der Waals surface area contributed by atoms with E-state index in [1.807, 2.05) is 0 Å². The lowest BCUT2D eigenvalue weighted by Gasteiger charge is -2.25. The largest absolute Gasteiger partial charge is 0.0891 e. The van der Waals surface area contributed by atoms with E-state index in [2.05, 4.69) is 47.1 Å². The molecule has 0 saturated carbocycles. The second-order valence-electron chi connectivity index (χ2n) is 5.60. The Morgan fingerprint density at radius 2 is 2.11 bits per heavy atom. The van der Waals surface area contributed by atoms with E-state index >= 15 is 0 Å². The van der Waals surface area contributed by atoms with Crippen LogP contribution in [0.1, 0.15) is 68.9 Å². The molecule has 100 valence electrons. The van der Waals surface area contributed by atoms with E-state index in [-0.39, 0.29) is 0 Å². The maximum absolute atomic E-state index is 3.79. The first-order chi connectivity index (χ1) is 8.81. The first kappa shape index (κ1) is 14.1. The average Bonchev–Trinajstić information content (AvgIpc) is 2.39. The second kappa shape index (κ2) is 7.33. The van der Waals surface area contributed by atoms with Crippen LogP contribution in [0.3, 0.4) is 0 Å². The molecule has 2 unspecified atom stereocenters. The Kier molecular flexibility index (Phi) is 5.75. The van der Waals surface area contributed by atoms with Crippen molar-refractivity contribution in [3.05, 3.63) is 35.4 Å². The molecule has 0 aliphatic heterocycles. The molecule has 0 N–H and O–H groups in total. The van der Waals surface area contributed by atoms with Gasteiger partial charge < -0.3 is 0 Å². The number of rotatable bonds is 6. The minimum Gasteiger partial charge on any atom is -0.0891 e. The van der Waals surface area contributed by atoms with Gasteiger partial charge in [-0.3, -0.25) is 0 Å². The number of fused-ring (bicyclic) bond motifs is 1. The van der Waals surface area contributed by atoms with Crippen molar-refractivity contribution in [2.75, 3.05) is 0 Å². The minimum atomic E-state index is 0.737. The zero-order valence-electron chi connectivity index (χ0n) is 11.5. The molecule has 2 atom stereocenters. The van der Waals surface area contributed by atoms with Gasteiger partial charge in [0.15, 0.2) is 0 Å². The van der Waals surface area contributed by atoms with Crippen molar-refractivity contribution < 1.29 is 0 Å². The maximum Gasteiger partial charge on any atom is 0.0145 e. The van der Waals surface area contributed by atoms with Gasteiger partial charge in [0.1, 0.15) is 0 Å². The van der Waals surface area contributed by atoms with Crippen LogP contribution in [0.5, 0.6) is 0 Å². The van der Waals surface area contributed by atoms with E-state index < -0.39 is 0 Å². The summed E-state index contributed by atoms with van der Waals surface area (Å²) in [6, 6.07) is 9.08. The van der Waals surface area contributed by atoms with Crippen LogP contribution in [0.2, 0.25) is 0 Å². The molecule has 0 nitrogen and oxygen atoms in total. The summed E-state index contributed by atoms with van der Waals surface area (Å²) in [5, 5.41) is 0. The summed E-state index contributed by atoms with van der Waals surface area (Å²) >= 11 is 3.79. The fourth-order valence-electron chi connectivity index (χ4n) is 3.20. The van der Waals surface area contributed by atoms with Crippen LogP contribution in [0, 0.1) is 0 Å². The number of hydrogen-bond donors (Lipinski definition) is 0. The van der Waals surface area contributed by atoms with E-state index in [0.29, 0.717) is 0 Å². The van der Waals surface area contributed by atoms with Crippen molar-refractivity contribution in [2.45, 2.75) is 69.0 Å². The smallest absolute Gasteiger partial charge is 0.0145 e. The Bertz CT molecular complexity index is 358. The van der Waals surface area contributed by atoms with Gasteiger partial charge in [0.25, 0.3) is 0 Å². The van der Waals surface area contributed by atoms with E-state index in [4.69, 9.17) is 0 Å². The summed E-state index contributed by atoms with van der Waals surface area (Å²) < 4.78 is 0. The van der Waals surface area contributed by atoms with Gasteiger partial charge >= 0.3 is 0 Å². The van der Waals surface area contributed by atoms with E-state index in [9.17, 15) is 0 Å². The molecule has 1 heteroatoms. The van der Waals surface area contributed by atoms with Crippen LogP contribution < -0.4 is 0 Å². The molecule has 0 saturated heterocycles. The lowest BCUT2D eigenvalue weighted by atomic mass is 9.80. The third kappa shape index (κ3) is 3.85. The molecule has 0 aromatic heterocycles. The second-order valence-corrected chi connectivity index (χ2v) is 6.90. The Labute approximate surface area is 120 Å². The highest BCUT2D eigenvalue weighted by molar-refractivity contribution is 9.09. The fraction of sp³-hybridized carbons (Fsp3) is 0.647. The Morgan fingerprint density at radius 3 is 2.94 bits per heavy atom. The molecule has 0 bridgehead atoms. The first-order valence-electron chi connectivity index (χ1n) is 7.53. The van der Waals surface area contributed by atoms with Crippen molar-refractivity contribution in [3.63, 3.8) is 0 Å². The number of aryl methyl sites for hydroxylation is 1. The predicted octanol–water partition coefficient (Wildman–Crippen LogP) is 5.84. The van der Waals surface area contributed by atoms with Crippen molar-refractivity contribution in [2.24, 2.45) is 0 Å². The molecule has 2 rings (SSSR count). The number of hydrogen-bond acceptors (Lipinski definition) is 0. The Hall–Kier alpha value is -0.300. The minimum absolute atomic E-state index is 0.737. The third-order valence-corrected chi connectivity index (χ3v) is 5.08. The monoisotopic (exact) mass is 308 g/mol. The molecule has 18 heavy (non-hydrogen) atoms. The van der Waals surface area contributed by atoms with Crippen LogP contribution >= 0.6 is 15.9 Å². The molecule has 0 spiro atoms. The molecule has 1 aromatic carbocycles. The number of halogens is 1. The molecule has 0 heterocycles.